The predicted molar refractivity (Wildman–Crippen MR) is 236 cm³/mol. The van der Waals surface area contributed by atoms with Gasteiger partial charge in [0.15, 0.2) is 5.03 Å². The van der Waals surface area contributed by atoms with Gasteiger partial charge in [0, 0.05) is 38.3 Å². The van der Waals surface area contributed by atoms with E-state index >= 15 is 0 Å². The van der Waals surface area contributed by atoms with Crippen molar-refractivity contribution in [1.82, 2.24) is 14.1 Å². The molecule has 0 amide bonds. The summed E-state index contributed by atoms with van der Waals surface area (Å²) in [7, 11) is -3.82. The molecule has 6 nitrogen and oxygen atoms in total. The smallest absolute Gasteiger partial charge is 0.223 e. The largest absolute Gasteiger partial charge is 0.309 e. The Morgan fingerprint density at radius 1 is 0.466 bits per heavy atom. The van der Waals surface area contributed by atoms with E-state index in [9.17, 15) is 8.42 Å². The zero-order valence-corrected chi connectivity index (χ0v) is 33.1. The van der Waals surface area contributed by atoms with Gasteiger partial charge in [-0.15, -0.1) is 0 Å². The van der Waals surface area contributed by atoms with Crippen LogP contribution in [0.5, 0.6) is 0 Å². The fraction of sp³-hybridized carbons (Fsp3) is 0.0784. The molecular weight excluding hydrogens is 733 g/mol. The normalized spacial score (nSPS) is 13.7. The average molecular weight is 771 g/mol. The van der Waals surface area contributed by atoms with E-state index in [1.165, 1.54) is 21.5 Å². The summed E-state index contributed by atoms with van der Waals surface area (Å²) in [6, 6.07) is 60.0. The Balaban J connectivity index is 1.15. The number of hydrogen-bond donors (Lipinski definition) is 0. The number of aromatic nitrogens is 3. The van der Waals surface area contributed by atoms with E-state index in [4.69, 9.17) is 4.98 Å². The molecule has 0 saturated carbocycles. The van der Waals surface area contributed by atoms with Gasteiger partial charge in [0.25, 0.3) is 0 Å². The van der Waals surface area contributed by atoms with Crippen LogP contribution in [0.1, 0.15) is 30.7 Å². The molecular formula is C51H38N4O2S. The molecule has 1 aliphatic rings. The van der Waals surface area contributed by atoms with Gasteiger partial charge in [-0.25, -0.2) is 13.4 Å². The van der Waals surface area contributed by atoms with Crippen LogP contribution in [0, 0.1) is 6.92 Å². The van der Waals surface area contributed by atoms with Gasteiger partial charge in [0.2, 0.25) is 9.84 Å². The number of pyridine rings is 1. The molecule has 10 aromatic rings. The van der Waals surface area contributed by atoms with Gasteiger partial charge in [0.05, 0.1) is 49.7 Å². The van der Waals surface area contributed by atoms with E-state index in [-0.39, 0.29) is 9.92 Å². The van der Waals surface area contributed by atoms with Crippen molar-refractivity contribution < 1.29 is 8.42 Å². The molecule has 0 saturated heterocycles. The van der Waals surface area contributed by atoms with E-state index in [0.717, 1.165) is 61.6 Å². The monoisotopic (exact) mass is 770 g/mol. The summed E-state index contributed by atoms with van der Waals surface area (Å²) in [4.78, 5) is 7.28. The van der Waals surface area contributed by atoms with E-state index in [1.807, 2.05) is 19.1 Å². The molecule has 0 spiro atoms. The van der Waals surface area contributed by atoms with Crippen molar-refractivity contribution in [2.24, 2.45) is 0 Å². The van der Waals surface area contributed by atoms with Crippen LogP contribution < -0.4 is 4.90 Å². The van der Waals surface area contributed by atoms with Crippen LogP contribution in [0.4, 0.5) is 17.1 Å². The van der Waals surface area contributed by atoms with Crippen molar-refractivity contribution in [1.29, 1.82) is 0 Å². The third-order valence-electron chi connectivity index (χ3n) is 12.1. The fourth-order valence-corrected chi connectivity index (χ4v) is 10.6. The number of para-hydroxylation sites is 4. The van der Waals surface area contributed by atoms with E-state index in [1.54, 1.807) is 30.3 Å². The number of aryl methyl sites for hydroxylation is 1. The predicted octanol–water partition coefficient (Wildman–Crippen LogP) is 12.5. The Kier molecular flexibility index (Phi) is 7.40. The van der Waals surface area contributed by atoms with Crippen LogP contribution >= 0.6 is 0 Å². The molecule has 0 aliphatic carbocycles. The molecule has 0 fully saturated rings. The summed E-state index contributed by atoms with van der Waals surface area (Å²) in [5, 5.41) is 4.88. The topological polar surface area (TPSA) is 60.1 Å². The van der Waals surface area contributed by atoms with Gasteiger partial charge < -0.3 is 14.0 Å². The molecule has 0 unspecified atom stereocenters. The molecule has 0 atom stereocenters. The molecule has 4 heterocycles. The Morgan fingerprint density at radius 2 is 0.862 bits per heavy atom. The molecule has 7 heteroatoms. The SMILES string of the molecule is Cc1nc(S(=O)(=O)c2ccccc2)ccc1N1c2ccc(-n3c4ccccc4c4ccccc43)cc2C(C)(C)c2cc(-n3c4ccccc4c4ccccc43)ccc21. The summed E-state index contributed by atoms with van der Waals surface area (Å²) >= 11 is 0. The van der Waals surface area contributed by atoms with Crippen molar-refractivity contribution in [3.05, 3.63) is 193 Å². The zero-order valence-electron chi connectivity index (χ0n) is 32.3. The van der Waals surface area contributed by atoms with E-state index in [2.05, 4.69) is 161 Å². The Bertz CT molecular complexity index is 3140. The first-order valence-electron chi connectivity index (χ1n) is 19.6. The molecule has 3 aromatic heterocycles. The van der Waals surface area contributed by atoms with Gasteiger partial charge in [-0.3, -0.25) is 0 Å². The Morgan fingerprint density at radius 3 is 1.29 bits per heavy atom. The maximum atomic E-state index is 13.7. The maximum absolute atomic E-state index is 13.7. The second-order valence-corrected chi connectivity index (χ2v) is 17.6. The minimum absolute atomic E-state index is 0.0289. The summed E-state index contributed by atoms with van der Waals surface area (Å²) in [5.41, 5.74) is 12.1. The fourth-order valence-electron chi connectivity index (χ4n) is 9.29. The van der Waals surface area contributed by atoms with Crippen molar-refractivity contribution >= 4 is 70.5 Å². The van der Waals surface area contributed by atoms with Gasteiger partial charge in [-0.1, -0.05) is 105 Å². The van der Waals surface area contributed by atoms with E-state index < -0.39 is 15.3 Å². The standard InChI is InChI=1S/C51H38N4O2S/c1-33-43(29-30-50(52-33)58(56,57)36-15-5-4-6-16-36)55-48-27-25-34(53-44-21-11-7-17-37(44)38-18-8-12-22-45(38)53)31-41(48)51(2,3)42-32-35(26-28-49(42)55)54-46-23-13-9-19-39(46)40-20-10-14-24-47(40)54/h4-32H,1-3H3. The van der Waals surface area contributed by atoms with Crippen molar-refractivity contribution in [3.8, 4) is 11.4 Å². The minimum Gasteiger partial charge on any atom is -0.309 e. The van der Waals surface area contributed by atoms with Crippen LogP contribution in [0.25, 0.3) is 55.0 Å². The summed E-state index contributed by atoms with van der Waals surface area (Å²) in [6.45, 7) is 6.53. The van der Waals surface area contributed by atoms with Crippen LogP contribution in [-0.2, 0) is 15.3 Å². The minimum atomic E-state index is -3.82. The highest BCUT2D eigenvalue weighted by atomic mass is 32.2. The summed E-state index contributed by atoms with van der Waals surface area (Å²) in [6.07, 6.45) is 0. The molecule has 0 radical (unpaired) electrons. The van der Waals surface area contributed by atoms with Crippen molar-refractivity contribution in [3.63, 3.8) is 0 Å². The van der Waals surface area contributed by atoms with Crippen LogP contribution in [0.15, 0.2) is 186 Å². The second-order valence-electron chi connectivity index (χ2n) is 15.7. The van der Waals surface area contributed by atoms with Crippen molar-refractivity contribution in [2.75, 3.05) is 4.90 Å². The van der Waals surface area contributed by atoms with Crippen LogP contribution in [0.2, 0.25) is 0 Å². The molecule has 58 heavy (non-hydrogen) atoms. The molecule has 1 aliphatic heterocycles. The number of rotatable bonds is 5. The lowest BCUT2D eigenvalue weighted by Crippen LogP contribution is -2.31. The number of nitrogens with zero attached hydrogens (tertiary/aromatic N) is 4. The van der Waals surface area contributed by atoms with E-state index in [0.29, 0.717) is 5.69 Å². The summed E-state index contributed by atoms with van der Waals surface area (Å²) in [5.74, 6) is 0. The maximum Gasteiger partial charge on any atom is 0.223 e. The third kappa shape index (κ3) is 4.90. The Hall–Kier alpha value is -6.96. The third-order valence-corrected chi connectivity index (χ3v) is 13.7. The number of fused-ring (bicyclic) bond motifs is 8. The molecule has 280 valence electrons. The first-order valence-corrected chi connectivity index (χ1v) is 21.0. The van der Waals surface area contributed by atoms with Crippen LogP contribution in [-0.4, -0.2) is 22.5 Å². The number of benzene rings is 7. The molecule has 0 bridgehead atoms. The second kappa shape index (κ2) is 12.5. The molecule has 11 rings (SSSR count). The number of anilines is 3. The Labute approximate surface area is 336 Å². The lowest BCUT2D eigenvalue weighted by atomic mass is 9.73. The quantitative estimate of drug-likeness (QED) is 0.175. The van der Waals surface area contributed by atoms with Gasteiger partial charge in [0.1, 0.15) is 0 Å². The number of hydrogen-bond acceptors (Lipinski definition) is 4. The van der Waals surface area contributed by atoms with Gasteiger partial charge in [-0.2, -0.15) is 0 Å². The highest BCUT2D eigenvalue weighted by Gasteiger charge is 2.39. The first-order chi connectivity index (χ1) is 28.2. The van der Waals surface area contributed by atoms with Gasteiger partial charge in [-0.05, 0) is 103 Å². The van der Waals surface area contributed by atoms with Crippen LogP contribution in [0.3, 0.4) is 0 Å². The average Bonchev–Trinajstić information content (AvgIpc) is 3.78. The van der Waals surface area contributed by atoms with Crippen molar-refractivity contribution in [2.45, 2.75) is 36.1 Å². The number of sulfone groups is 1. The lowest BCUT2D eigenvalue weighted by molar-refractivity contribution is 0.592. The highest BCUT2D eigenvalue weighted by Crippen LogP contribution is 2.54. The zero-order chi connectivity index (χ0) is 39.3. The first kappa shape index (κ1) is 34.3. The lowest BCUT2D eigenvalue weighted by Gasteiger charge is -2.43. The summed E-state index contributed by atoms with van der Waals surface area (Å²) < 4.78 is 32.2. The molecule has 0 N–H and O–H groups in total. The highest BCUT2D eigenvalue weighted by molar-refractivity contribution is 7.91. The van der Waals surface area contributed by atoms with Gasteiger partial charge >= 0.3 is 0 Å². The molecule has 7 aromatic carbocycles.